The van der Waals surface area contributed by atoms with Crippen LogP contribution in [0.1, 0.15) is 47.1 Å². The Morgan fingerprint density at radius 1 is 1.05 bits per heavy atom. The molecule has 2 aromatic rings. The summed E-state index contributed by atoms with van der Waals surface area (Å²) < 4.78 is 2.51. The van der Waals surface area contributed by atoms with Crippen molar-refractivity contribution >= 4 is 30.9 Å². The molecule has 0 aliphatic heterocycles. The van der Waals surface area contributed by atoms with Gasteiger partial charge in [-0.2, -0.15) is 0 Å². The molecule has 0 aromatic carbocycles. The van der Waals surface area contributed by atoms with Gasteiger partial charge < -0.3 is 4.23 Å². The molecular formula is C17H27ClN2Si. The number of fused-ring (bicyclic) bond motifs is 1. The fourth-order valence-electron chi connectivity index (χ4n) is 4.30. The van der Waals surface area contributed by atoms with Crippen molar-refractivity contribution in [2.24, 2.45) is 0 Å². The summed E-state index contributed by atoms with van der Waals surface area (Å²) in [6.45, 7) is 16.2. The number of nitrogens with zero attached hydrogens (tertiary/aromatic N) is 2. The monoisotopic (exact) mass is 322 g/mol. The van der Waals surface area contributed by atoms with E-state index in [0.717, 1.165) is 21.6 Å². The maximum absolute atomic E-state index is 6.49. The fraction of sp³-hybridized carbons (Fsp3) is 0.588. The van der Waals surface area contributed by atoms with Crippen molar-refractivity contribution in [1.29, 1.82) is 0 Å². The highest BCUT2D eigenvalue weighted by molar-refractivity contribution is 6.82. The second-order valence-corrected chi connectivity index (χ2v) is 13.1. The fourth-order valence-corrected chi connectivity index (χ4v) is 11.0. The number of hydrogen-bond donors (Lipinski definition) is 0. The van der Waals surface area contributed by atoms with E-state index in [1.165, 1.54) is 0 Å². The maximum atomic E-state index is 6.49. The molecule has 21 heavy (non-hydrogen) atoms. The van der Waals surface area contributed by atoms with Crippen LogP contribution in [0.3, 0.4) is 0 Å². The van der Waals surface area contributed by atoms with Gasteiger partial charge in [-0.1, -0.05) is 53.1 Å². The molecule has 0 aliphatic rings. The molecule has 0 radical (unpaired) electrons. The Morgan fingerprint density at radius 2 is 1.57 bits per heavy atom. The van der Waals surface area contributed by atoms with Gasteiger partial charge in [0, 0.05) is 11.6 Å². The van der Waals surface area contributed by atoms with Crippen LogP contribution in [0.5, 0.6) is 0 Å². The Balaban J connectivity index is 2.81. The predicted octanol–water partition coefficient (Wildman–Crippen LogP) is 6.02. The molecule has 0 unspecified atom stereocenters. The van der Waals surface area contributed by atoms with E-state index in [1.54, 1.807) is 0 Å². The summed E-state index contributed by atoms with van der Waals surface area (Å²) in [5.41, 5.74) is 4.06. The summed E-state index contributed by atoms with van der Waals surface area (Å²) in [5, 5.41) is 1.94. The lowest BCUT2D eigenvalue weighted by Crippen LogP contribution is -2.51. The zero-order valence-electron chi connectivity index (χ0n) is 14.2. The van der Waals surface area contributed by atoms with Gasteiger partial charge in [-0.05, 0) is 41.4 Å². The summed E-state index contributed by atoms with van der Waals surface area (Å²) in [4.78, 5) is 4.73. The molecule has 0 saturated carbocycles. The molecular weight excluding hydrogens is 296 g/mol. The number of pyridine rings is 1. The van der Waals surface area contributed by atoms with Gasteiger partial charge in [-0.25, -0.2) is 4.98 Å². The third kappa shape index (κ3) is 2.35. The van der Waals surface area contributed by atoms with E-state index in [2.05, 4.69) is 58.0 Å². The summed E-state index contributed by atoms with van der Waals surface area (Å²) in [6.07, 6.45) is 4.14. The molecule has 2 rings (SSSR count). The molecule has 0 atom stereocenters. The molecule has 0 amide bonds. The average molecular weight is 323 g/mol. The Labute approximate surface area is 134 Å². The second-order valence-electron chi connectivity index (χ2n) is 7.03. The molecule has 0 bridgehead atoms. The van der Waals surface area contributed by atoms with Gasteiger partial charge in [0.25, 0.3) is 0 Å². The lowest BCUT2D eigenvalue weighted by Gasteiger charge is -2.44. The molecule has 0 N–H and O–H groups in total. The predicted molar refractivity (Wildman–Crippen MR) is 95.9 cm³/mol. The lowest BCUT2D eigenvalue weighted by molar-refractivity contribution is 0.770. The highest BCUT2D eigenvalue weighted by Gasteiger charge is 2.46. The summed E-state index contributed by atoms with van der Waals surface area (Å²) in [5.74, 6) is 0. The Bertz CT molecular complexity index is 622. The van der Waals surface area contributed by atoms with Gasteiger partial charge in [0.15, 0.2) is 8.24 Å². The van der Waals surface area contributed by atoms with Crippen molar-refractivity contribution in [3.05, 3.63) is 29.0 Å². The van der Waals surface area contributed by atoms with E-state index >= 15 is 0 Å². The first kappa shape index (κ1) is 16.6. The zero-order valence-corrected chi connectivity index (χ0v) is 16.0. The van der Waals surface area contributed by atoms with E-state index in [0.29, 0.717) is 16.6 Å². The van der Waals surface area contributed by atoms with E-state index in [1.807, 2.05) is 13.1 Å². The van der Waals surface area contributed by atoms with Crippen molar-refractivity contribution < 1.29 is 0 Å². The minimum Gasteiger partial charge on any atom is -0.359 e. The van der Waals surface area contributed by atoms with Crippen LogP contribution in [0.2, 0.25) is 21.6 Å². The third-order valence-corrected chi connectivity index (χ3v) is 12.3. The van der Waals surface area contributed by atoms with Crippen molar-refractivity contribution in [1.82, 2.24) is 9.22 Å². The van der Waals surface area contributed by atoms with Crippen molar-refractivity contribution in [3.63, 3.8) is 0 Å². The summed E-state index contributed by atoms with van der Waals surface area (Å²) in [6, 6.07) is 2.15. The highest BCUT2D eigenvalue weighted by Crippen LogP contribution is 2.44. The van der Waals surface area contributed by atoms with Crippen LogP contribution in [-0.2, 0) is 0 Å². The van der Waals surface area contributed by atoms with Crippen molar-refractivity contribution in [3.8, 4) is 0 Å². The molecule has 116 valence electrons. The lowest BCUT2D eigenvalue weighted by atomic mass is 10.2. The first-order valence-corrected chi connectivity index (χ1v) is 10.4. The van der Waals surface area contributed by atoms with E-state index in [9.17, 15) is 0 Å². The molecule has 0 fully saturated rings. The van der Waals surface area contributed by atoms with Crippen LogP contribution >= 0.6 is 11.6 Å². The standard InChI is InChI=1S/C17H27ClN2Si/c1-11(2)21(12(3)4,13(5)6)20-9-8-15-16(18)14(7)10-19-17(15)20/h8-13H,1-7H3. The Morgan fingerprint density at radius 3 is 2.05 bits per heavy atom. The van der Waals surface area contributed by atoms with Crippen LogP contribution in [-0.4, -0.2) is 17.5 Å². The third-order valence-electron chi connectivity index (χ3n) is 5.01. The number of hydrogen-bond acceptors (Lipinski definition) is 1. The van der Waals surface area contributed by atoms with E-state index in [4.69, 9.17) is 16.6 Å². The quantitative estimate of drug-likeness (QED) is 0.629. The van der Waals surface area contributed by atoms with Gasteiger partial charge >= 0.3 is 0 Å². The second kappa shape index (κ2) is 5.77. The Hall–Kier alpha value is -0.803. The minimum absolute atomic E-state index is 0.648. The summed E-state index contributed by atoms with van der Waals surface area (Å²) >= 11 is 6.49. The maximum Gasteiger partial charge on any atom is 0.171 e. The van der Waals surface area contributed by atoms with Gasteiger partial charge in [0.05, 0.1) is 5.02 Å². The number of aryl methyl sites for hydroxylation is 1. The molecule has 2 nitrogen and oxygen atoms in total. The van der Waals surface area contributed by atoms with Crippen molar-refractivity contribution in [2.45, 2.75) is 65.1 Å². The molecule has 0 aliphatic carbocycles. The first-order valence-electron chi connectivity index (χ1n) is 7.87. The molecule has 0 spiro atoms. The number of halogens is 1. The van der Waals surface area contributed by atoms with Crippen LogP contribution in [0.25, 0.3) is 11.0 Å². The van der Waals surface area contributed by atoms with Gasteiger partial charge in [-0.15, -0.1) is 0 Å². The smallest absolute Gasteiger partial charge is 0.171 e. The van der Waals surface area contributed by atoms with E-state index < -0.39 is 8.24 Å². The molecule has 2 aromatic heterocycles. The normalized spacial score (nSPS) is 13.1. The highest BCUT2D eigenvalue weighted by atomic mass is 35.5. The number of aromatic nitrogens is 2. The number of rotatable bonds is 4. The first-order chi connectivity index (χ1) is 9.74. The van der Waals surface area contributed by atoms with Crippen LogP contribution in [0.15, 0.2) is 18.5 Å². The van der Waals surface area contributed by atoms with Crippen LogP contribution < -0.4 is 0 Å². The Kier molecular flexibility index (Phi) is 4.55. The SMILES string of the molecule is Cc1cnc2c(ccn2[Si](C(C)C)(C(C)C)C(C)C)c1Cl. The van der Waals surface area contributed by atoms with Gasteiger partial charge in [-0.3, -0.25) is 0 Å². The largest absolute Gasteiger partial charge is 0.359 e. The van der Waals surface area contributed by atoms with Crippen LogP contribution in [0, 0.1) is 6.92 Å². The topological polar surface area (TPSA) is 17.8 Å². The van der Waals surface area contributed by atoms with Crippen LogP contribution in [0.4, 0.5) is 0 Å². The zero-order chi connectivity index (χ0) is 15.9. The van der Waals surface area contributed by atoms with Gasteiger partial charge in [0.2, 0.25) is 0 Å². The average Bonchev–Trinajstić information content (AvgIpc) is 2.78. The van der Waals surface area contributed by atoms with E-state index in [-0.39, 0.29) is 0 Å². The molecule has 4 heteroatoms. The summed E-state index contributed by atoms with van der Waals surface area (Å²) in [7, 11) is -1.76. The molecule has 0 saturated heterocycles. The minimum atomic E-state index is -1.76. The van der Waals surface area contributed by atoms with Crippen molar-refractivity contribution in [2.75, 3.05) is 0 Å². The van der Waals surface area contributed by atoms with Gasteiger partial charge in [0.1, 0.15) is 5.65 Å². The molecule has 2 heterocycles.